The summed E-state index contributed by atoms with van der Waals surface area (Å²) in [6.07, 6.45) is 0.668. The van der Waals surface area contributed by atoms with Crippen LogP contribution in [0.5, 0.6) is 5.75 Å². The van der Waals surface area contributed by atoms with Crippen molar-refractivity contribution in [2.24, 2.45) is 5.73 Å². The molecule has 94 valence electrons. The second kappa shape index (κ2) is 6.47. The topological polar surface area (TPSA) is 64.3 Å². The number of methoxy groups -OCH3 is 1. The van der Waals surface area contributed by atoms with Gasteiger partial charge in [0, 0.05) is 11.6 Å². The quantitative estimate of drug-likeness (QED) is 0.836. The molecule has 3 N–H and O–H groups in total. The molecule has 17 heavy (non-hydrogen) atoms. The van der Waals surface area contributed by atoms with E-state index in [2.05, 4.69) is 5.32 Å². The average Bonchev–Trinajstić information content (AvgIpc) is 2.30. The van der Waals surface area contributed by atoms with Crippen LogP contribution in [0.3, 0.4) is 0 Å². The van der Waals surface area contributed by atoms with Crippen molar-refractivity contribution < 1.29 is 9.53 Å². The van der Waals surface area contributed by atoms with Crippen LogP contribution in [0.4, 0.5) is 0 Å². The summed E-state index contributed by atoms with van der Waals surface area (Å²) >= 11 is 6.07. The van der Waals surface area contributed by atoms with E-state index in [9.17, 15) is 4.79 Å². The third kappa shape index (κ3) is 4.24. The Morgan fingerprint density at radius 2 is 2.29 bits per heavy atom. The Kier molecular flexibility index (Phi) is 5.25. The van der Waals surface area contributed by atoms with Gasteiger partial charge in [0.1, 0.15) is 5.75 Å². The zero-order chi connectivity index (χ0) is 12.8. The van der Waals surface area contributed by atoms with Gasteiger partial charge in [0.05, 0.1) is 13.2 Å². The third-order valence-electron chi connectivity index (χ3n) is 2.37. The molecule has 1 atom stereocenters. The number of rotatable bonds is 5. The van der Waals surface area contributed by atoms with Crippen LogP contribution in [-0.4, -0.2) is 25.6 Å². The van der Waals surface area contributed by atoms with Gasteiger partial charge in [0.15, 0.2) is 0 Å². The maximum Gasteiger partial charge on any atom is 0.236 e. The zero-order valence-corrected chi connectivity index (χ0v) is 10.8. The molecular formula is C12H17ClN2O2. The van der Waals surface area contributed by atoms with E-state index in [1.165, 1.54) is 0 Å². The van der Waals surface area contributed by atoms with Gasteiger partial charge < -0.3 is 15.8 Å². The standard InChI is InChI=1S/C12H17ClN2O2/c1-8(14)12(16)15-6-5-9-3-4-10(17-2)7-11(9)13/h3-4,7-8H,5-6,14H2,1-2H3,(H,15,16)/t8-/m1/s1. The molecule has 0 aromatic heterocycles. The summed E-state index contributed by atoms with van der Waals surface area (Å²) in [6.45, 7) is 2.17. The maximum atomic E-state index is 11.2. The van der Waals surface area contributed by atoms with E-state index in [0.717, 1.165) is 11.3 Å². The number of hydrogen-bond donors (Lipinski definition) is 2. The lowest BCUT2D eigenvalue weighted by molar-refractivity contribution is -0.121. The molecule has 0 heterocycles. The van der Waals surface area contributed by atoms with Gasteiger partial charge in [-0.15, -0.1) is 0 Å². The van der Waals surface area contributed by atoms with Crippen LogP contribution in [-0.2, 0) is 11.2 Å². The first-order valence-corrected chi connectivity index (χ1v) is 5.78. The molecule has 0 saturated carbocycles. The fourth-order valence-electron chi connectivity index (χ4n) is 1.34. The number of benzene rings is 1. The minimum Gasteiger partial charge on any atom is -0.497 e. The SMILES string of the molecule is COc1ccc(CCNC(=O)[C@@H](C)N)c(Cl)c1. The molecule has 0 fully saturated rings. The minimum absolute atomic E-state index is 0.158. The predicted molar refractivity (Wildman–Crippen MR) is 68.4 cm³/mol. The number of nitrogens with one attached hydrogen (secondary N) is 1. The maximum absolute atomic E-state index is 11.2. The van der Waals surface area contributed by atoms with Gasteiger partial charge in [-0.25, -0.2) is 0 Å². The van der Waals surface area contributed by atoms with Crippen molar-refractivity contribution in [2.75, 3.05) is 13.7 Å². The fourth-order valence-corrected chi connectivity index (χ4v) is 1.60. The van der Waals surface area contributed by atoms with Crippen molar-refractivity contribution in [2.45, 2.75) is 19.4 Å². The van der Waals surface area contributed by atoms with Crippen molar-refractivity contribution in [1.82, 2.24) is 5.32 Å². The summed E-state index contributed by atoms with van der Waals surface area (Å²) in [4.78, 5) is 11.2. The van der Waals surface area contributed by atoms with Crippen molar-refractivity contribution in [3.63, 3.8) is 0 Å². The lowest BCUT2D eigenvalue weighted by Crippen LogP contribution is -2.39. The average molecular weight is 257 g/mol. The van der Waals surface area contributed by atoms with Crippen LogP contribution in [0.15, 0.2) is 18.2 Å². The van der Waals surface area contributed by atoms with E-state index < -0.39 is 6.04 Å². The van der Waals surface area contributed by atoms with E-state index in [0.29, 0.717) is 18.0 Å². The minimum atomic E-state index is -0.485. The van der Waals surface area contributed by atoms with Crippen molar-refractivity contribution in [1.29, 1.82) is 0 Å². The molecule has 4 nitrogen and oxygen atoms in total. The Labute approximate surface area is 106 Å². The van der Waals surface area contributed by atoms with Gasteiger partial charge in [-0.1, -0.05) is 17.7 Å². The highest BCUT2D eigenvalue weighted by Crippen LogP contribution is 2.22. The van der Waals surface area contributed by atoms with Gasteiger partial charge in [0.2, 0.25) is 5.91 Å². The lowest BCUT2D eigenvalue weighted by Gasteiger charge is -2.09. The summed E-state index contributed by atoms with van der Waals surface area (Å²) in [5.74, 6) is 0.563. The molecule has 5 heteroatoms. The summed E-state index contributed by atoms with van der Waals surface area (Å²) < 4.78 is 5.05. The van der Waals surface area contributed by atoms with E-state index in [1.54, 1.807) is 20.1 Å². The van der Waals surface area contributed by atoms with Crippen LogP contribution in [0, 0.1) is 0 Å². The van der Waals surface area contributed by atoms with Crippen molar-refractivity contribution >= 4 is 17.5 Å². The normalized spacial score (nSPS) is 12.0. The second-order valence-corrected chi connectivity index (χ2v) is 4.19. The summed E-state index contributed by atoms with van der Waals surface area (Å²) in [5.41, 5.74) is 6.40. The number of nitrogens with two attached hydrogens (primary N) is 1. The molecular weight excluding hydrogens is 240 g/mol. The summed E-state index contributed by atoms with van der Waals surface area (Å²) in [7, 11) is 1.59. The molecule has 0 bridgehead atoms. The largest absolute Gasteiger partial charge is 0.497 e. The number of amides is 1. The number of halogens is 1. The number of ether oxygens (including phenoxy) is 1. The van der Waals surface area contributed by atoms with Crippen LogP contribution in [0.1, 0.15) is 12.5 Å². The highest BCUT2D eigenvalue weighted by atomic mass is 35.5. The molecule has 0 aliphatic heterocycles. The van der Waals surface area contributed by atoms with E-state index >= 15 is 0 Å². The first kappa shape index (κ1) is 13.8. The van der Waals surface area contributed by atoms with Gasteiger partial charge in [0.25, 0.3) is 0 Å². The van der Waals surface area contributed by atoms with Crippen LogP contribution in [0.2, 0.25) is 5.02 Å². The van der Waals surface area contributed by atoms with Crippen LogP contribution in [0.25, 0.3) is 0 Å². The van der Waals surface area contributed by atoms with E-state index in [1.807, 2.05) is 12.1 Å². The molecule has 1 aromatic carbocycles. The Morgan fingerprint density at radius 3 is 2.82 bits per heavy atom. The Bertz CT molecular complexity index is 394. The Morgan fingerprint density at radius 1 is 1.59 bits per heavy atom. The number of carbonyl (C=O) groups is 1. The van der Waals surface area contributed by atoms with E-state index in [4.69, 9.17) is 22.1 Å². The number of hydrogen-bond acceptors (Lipinski definition) is 3. The van der Waals surface area contributed by atoms with Crippen LogP contribution < -0.4 is 15.8 Å². The molecule has 1 amide bonds. The highest BCUT2D eigenvalue weighted by Gasteiger charge is 2.07. The van der Waals surface area contributed by atoms with Gasteiger partial charge in [-0.3, -0.25) is 4.79 Å². The van der Waals surface area contributed by atoms with Gasteiger partial charge in [-0.2, -0.15) is 0 Å². The van der Waals surface area contributed by atoms with Crippen LogP contribution >= 0.6 is 11.6 Å². The molecule has 1 rings (SSSR count). The van der Waals surface area contributed by atoms with Crippen molar-refractivity contribution in [3.8, 4) is 5.75 Å². The summed E-state index contributed by atoms with van der Waals surface area (Å²) in [5, 5.41) is 3.37. The first-order valence-electron chi connectivity index (χ1n) is 5.40. The van der Waals surface area contributed by atoms with Crippen molar-refractivity contribution in [3.05, 3.63) is 28.8 Å². The third-order valence-corrected chi connectivity index (χ3v) is 2.72. The van der Waals surface area contributed by atoms with E-state index in [-0.39, 0.29) is 5.91 Å². The Balaban J connectivity index is 2.50. The molecule has 1 aromatic rings. The van der Waals surface area contributed by atoms with Gasteiger partial charge >= 0.3 is 0 Å². The molecule has 0 radical (unpaired) electrons. The molecule has 0 aliphatic rings. The zero-order valence-electron chi connectivity index (χ0n) is 10.00. The monoisotopic (exact) mass is 256 g/mol. The number of carbonyl (C=O) groups excluding carboxylic acids is 1. The fraction of sp³-hybridized carbons (Fsp3) is 0.417. The highest BCUT2D eigenvalue weighted by molar-refractivity contribution is 6.31. The molecule has 0 unspecified atom stereocenters. The lowest BCUT2D eigenvalue weighted by atomic mass is 10.1. The molecule has 0 spiro atoms. The second-order valence-electron chi connectivity index (χ2n) is 3.79. The smallest absolute Gasteiger partial charge is 0.236 e. The Hall–Kier alpha value is -1.26. The predicted octanol–water partition coefficient (Wildman–Crippen LogP) is 1.35. The molecule has 0 aliphatic carbocycles. The first-order chi connectivity index (χ1) is 8.04. The summed E-state index contributed by atoms with van der Waals surface area (Å²) in [6, 6.07) is 5.00. The molecule has 0 saturated heterocycles. The van der Waals surface area contributed by atoms with Gasteiger partial charge in [-0.05, 0) is 31.0 Å².